The van der Waals surface area contributed by atoms with Crippen LogP contribution in [0.4, 0.5) is 0 Å². The number of carbonyl (C=O) groups is 2. The van der Waals surface area contributed by atoms with Gasteiger partial charge in [0.05, 0.1) is 0 Å². The number of carbonyl (C=O) groups excluding carboxylic acids is 2. The summed E-state index contributed by atoms with van der Waals surface area (Å²) in [6.07, 6.45) is 0. The Hall–Kier alpha value is -2.66. The fourth-order valence-corrected chi connectivity index (χ4v) is 2.03. The van der Waals surface area contributed by atoms with Crippen LogP contribution in [0.3, 0.4) is 0 Å². The molecule has 5 heteroatoms. The fraction of sp³-hybridized carbons (Fsp3) is 0.176. The lowest BCUT2D eigenvalue weighted by Gasteiger charge is -2.28. The molecule has 0 saturated carbocycles. The summed E-state index contributed by atoms with van der Waals surface area (Å²) in [6, 6.07) is 17.6. The molecule has 2 rings (SSSR count). The molecule has 0 aromatic heterocycles. The van der Waals surface area contributed by atoms with Crippen molar-refractivity contribution in [2.45, 2.75) is 12.4 Å². The monoisotopic (exact) mass is 300 g/mol. The number of benzene rings is 2. The van der Waals surface area contributed by atoms with Crippen molar-refractivity contribution >= 4 is 12.4 Å². The van der Waals surface area contributed by atoms with E-state index in [4.69, 9.17) is 14.2 Å². The summed E-state index contributed by atoms with van der Waals surface area (Å²) in [4.78, 5) is 23.3. The molecule has 5 nitrogen and oxygen atoms in total. The molecule has 0 aliphatic heterocycles. The number of hydrogen-bond donors (Lipinski definition) is 0. The zero-order chi connectivity index (χ0) is 15.8. The van der Waals surface area contributed by atoms with Gasteiger partial charge in [0.15, 0.2) is 0 Å². The van der Waals surface area contributed by atoms with Crippen LogP contribution in [0.25, 0.3) is 0 Å². The van der Waals surface area contributed by atoms with E-state index in [9.17, 15) is 9.59 Å². The first-order chi connectivity index (χ1) is 10.7. The Labute approximate surface area is 128 Å². The molecule has 0 spiro atoms. The lowest BCUT2D eigenvalue weighted by molar-refractivity contribution is -0.235. The highest BCUT2D eigenvalue weighted by atomic mass is 16.7. The summed E-state index contributed by atoms with van der Waals surface area (Å²) in [6.45, 7) is 0.222. The first-order valence-electron chi connectivity index (χ1n) is 6.66. The van der Waals surface area contributed by atoms with Crippen LogP contribution in [0.5, 0.6) is 0 Å². The van der Waals surface area contributed by atoms with E-state index in [0.29, 0.717) is 5.56 Å². The van der Waals surface area contributed by atoms with Crippen molar-refractivity contribution < 1.29 is 23.8 Å². The smallest absolute Gasteiger partial charge is 0.385 e. The zero-order valence-corrected chi connectivity index (χ0v) is 12.1. The van der Waals surface area contributed by atoms with Gasteiger partial charge in [0, 0.05) is 12.7 Å². The fourth-order valence-electron chi connectivity index (χ4n) is 2.03. The zero-order valence-electron chi connectivity index (χ0n) is 12.1. The van der Waals surface area contributed by atoms with Gasteiger partial charge in [-0.1, -0.05) is 60.7 Å². The van der Waals surface area contributed by atoms with Gasteiger partial charge in [0.25, 0.3) is 6.47 Å². The minimum atomic E-state index is -1.90. The van der Waals surface area contributed by atoms with Gasteiger partial charge < -0.3 is 14.2 Å². The van der Waals surface area contributed by atoms with E-state index in [1.54, 1.807) is 30.3 Å². The van der Waals surface area contributed by atoms with E-state index < -0.39 is 11.8 Å². The van der Waals surface area contributed by atoms with Crippen molar-refractivity contribution in [3.8, 4) is 0 Å². The number of ether oxygens (including phenoxy) is 3. The number of esters is 1. The van der Waals surface area contributed by atoms with Crippen LogP contribution in [0.1, 0.15) is 11.1 Å². The predicted octanol–water partition coefficient (Wildman–Crippen LogP) is 2.40. The van der Waals surface area contributed by atoms with E-state index in [2.05, 4.69) is 0 Å². The highest BCUT2D eigenvalue weighted by Crippen LogP contribution is 2.28. The van der Waals surface area contributed by atoms with E-state index in [0.717, 1.165) is 5.56 Å². The van der Waals surface area contributed by atoms with Crippen LogP contribution in [0.2, 0.25) is 0 Å². The second kappa shape index (κ2) is 7.38. The van der Waals surface area contributed by atoms with Gasteiger partial charge in [-0.15, -0.1) is 0 Å². The molecular weight excluding hydrogens is 284 g/mol. The van der Waals surface area contributed by atoms with Crippen LogP contribution in [0, 0.1) is 0 Å². The molecule has 0 N–H and O–H groups in total. The van der Waals surface area contributed by atoms with E-state index >= 15 is 0 Å². The van der Waals surface area contributed by atoms with Gasteiger partial charge in [-0.25, -0.2) is 4.79 Å². The summed E-state index contributed by atoms with van der Waals surface area (Å²) in [5, 5.41) is 0. The Morgan fingerprint density at radius 2 is 1.64 bits per heavy atom. The highest BCUT2D eigenvalue weighted by Gasteiger charge is 2.45. The lowest BCUT2D eigenvalue weighted by Crippen LogP contribution is -2.41. The maximum Gasteiger partial charge on any atom is 0.385 e. The second-order valence-electron chi connectivity index (χ2n) is 4.46. The predicted molar refractivity (Wildman–Crippen MR) is 78.5 cm³/mol. The highest BCUT2D eigenvalue weighted by molar-refractivity contribution is 5.81. The Morgan fingerprint density at radius 1 is 1.05 bits per heavy atom. The summed E-state index contributed by atoms with van der Waals surface area (Å²) in [5.41, 5.74) is 1.20. The molecule has 0 radical (unpaired) electrons. The maximum atomic E-state index is 12.4. The minimum absolute atomic E-state index is 0.0554. The van der Waals surface area contributed by atoms with E-state index in [-0.39, 0.29) is 13.1 Å². The number of methoxy groups -OCH3 is 1. The third kappa shape index (κ3) is 3.32. The molecule has 0 aliphatic carbocycles. The van der Waals surface area contributed by atoms with Crippen molar-refractivity contribution in [2.24, 2.45) is 0 Å². The molecular formula is C17H16O5. The Bertz CT molecular complexity index is 611. The molecule has 22 heavy (non-hydrogen) atoms. The summed E-state index contributed by atoms with van der Waals surface area (Å²) in [7, 11) is 1.28. The normalized spacial score (nSPS) is 13.0. The van der Waals surface area contributed by atoms with Gasteiger partial charge in [0.1, 0.15) is 6.61 Å². The molecule has 2 aromatic rings. The minimum Gasteiger partial charge on any atom is -0.456 e. The molecule has 114 valence electrons. The van der Waals surface area contributed by atoms with Gasteiger partial charge >= 0.3 is 11.8 Å². The Morgan fingerprint density at radius 3 is 2.18 bits per heavy atom. The third-order valence-electron chi connectivity index (χ3n) is 3.14. The van der Waals surface area contributed by atoms with Crippen LogP contribution >= 0.6 is 0 Å². The lowest BCUT2D eigenvalue weighted by atomic mass is 10.1. The largest absolute Gasteiger partial charge is 0.456 e. The molecule has 1 unspecified atom stereocenters. The van der Waals surface area contributed by atoms with E-state index in [1.807, 2.05) is 30.3 Å². The Balaban J connectivity index is 2.21. The standard InChI is InChI=1S/C17H16O5/c1-20-17(22-13-18,15-10-6-3-7-11-15)16(19)21-12-14-8-4-2-5-9-14/h2-11,13H,12H2,1H3. The van der Waals surface area contributed by atoms with Gasteiger partial charge in [-0.3, -0.25) is 4.79 Å². The summed E-state index contributed by atoms with van der Waals surface area (Å²) in [5.74, 6) is -2.70. The van der Waals surface area contributed by atoms with Crippen molar-refractivity contribution in [1.82, 2.24) is 0 Å². The topological polar surface area (TPSA) is 61.8 Å². The molecule has 0 bridgehead atoms. The molecule has 0 heterocycles. The second-order valence-corrected chi connectivity index (χ2v) is 4.46. The quantitative estimate of drug-likeness (QED) is 0.446. The van der Waals surface area contributed by atoms with Crippen LogP contribution in [-0.2, 0) is 36.2 Å². The molecule has 1 atom stereocenters. The number of rotatable bonds is 7. The van der Waals surface area contributed by atoms with Crippen LogP contribution in [-0.4, -0.2) is 19.6 Å². The van der Waals surface area contributed by atoms with Crippen molar-refractivity contribution in [2.75, 3.05) is 7.11 Å². The third-order valence-corrected chi connectivity index (χ3v) is 3.14. The molecule has 0 aliphatic rings. The average Bonchev–Trinajstić information content (AvgIpc) is 2.59. The average molecular weight is 300 g/mol. The first kappa shape index (κ1) is 15.7. The Kier molecular flexibility index (Phi) is 5.27. The molecule has 0 saturated heterocycles. The summed E-state index contributed by atoms with van der Waals surface area (Å²) < 4.78 is 15.4. The van der Waals surface area contributed by atoms with Crippen LogP contribution in [0.15, 0.2) is 60.7 Å². The van der Waals surface area contributed by atoms with Gasteiger partial charge in [0.2, 0.25) is 0 Å². The first-order valence-corrected chi connectivity index (χ1v) is 6.66. The maximum absolute atomic E-state index is 12.4. The molecule has 0 fully saturated rings. The van der Waals surface area contributed by atoms with Crippen molar-refractivity contribution in [3.63, 3.8) is 0 Å². The van der Waals surface area contributed by atoms with Crippen molar-refractivity contribution in [3.05, 3.63) is 71.8 Å². The SMILES string of the molecule is COC(OC=O)(C(=O)OCc1ccccc1)c1ccccc1. The summed E-state index contributed by atoms with van der Waals surface area (Å²) >= 11 is 0. The van der Waals surface area contributed by atoms with E-state index in [1.165, 1.54) is 7.11 Å². The van der Waals surface area contributed by atoms with Gasteiger partial charge in [-0.2, -0.15) is 0 Å². The van der Waals surface area contributed by atoms with Gasteiger partial charge in [-0.05, 0) is 5.56 Å². The van der Waals surface area contributed by atoms with Crippen molar-refractivity contribution in [1.29, 1.82) is 0 Å². The molecule has 0 amide bonds. The van der Waals surface area contributed by atoms with Crippen LogP contribution < -0.4 is 0 Å². The number of hydrogen-bond acceptors (Lipinski definition) is 5. The molecule has 2 aromatic carbocycles.